The molecule has 0 radical (unpaired) electrons. The molecule has 0 fully saturated rings. The molecule has 1 atom stereocenters. The molecular formula is C22H30FN3O3S. The number of benzene rings is 2. The Bertz CT molecular complexity index is 983. The van der Waals surface area contributed by atoms with Gasteiger partial charge < -0.3 is 5.32 Å². The summed E-state index contributed by atoms with van der Waals surface area (Å²) in [5.74, 6) is -1.25. The molecule has 1 amide bonds. The van der Waals surface area contributed by atoms with E-state index in [-0.39, 0.29) is 17.1 Å². The molecule has 8 heteroatoms. The van der Waals surface area contributed by atoms with Crippen LogP contribution in [-0.4, -0.2) is 39.3 Å². The Kier molecular flexibility index (Phi) is 7.26. The molecule has 2 aromatic rings. The second-order valence-electron chi connectivity index (χ2n) is 8.41. The van der Waals surface area contributed by atoms with Crippen molar-refractivity contribution in [1.82, 2.24) is 9.62 Å². The minimum absolute atomic E-state index is 0.0197. The van der Waals surface area contributed by atoms with Crippen LogP contribution in [0.5, 0.6) is 0 Å². The molecule has 2 rings (SSSR count). The largest absolute Gasteiger partial charge is 0.348 e. The summed E-state index contributed by atoms with van der Waals surface area (Å²) in [4.78, 5) is 12.7. The number of nitrogens with zero attached hydrogens (tertiary/aromatic N) is 2. The standard InChI is InChI=1S/C22H30FN3O3S/c1-16(17-11-13-18(14-12-17)22(2,3)4)24-21(27)15-26(30(28,29)25(5)6)20-10-8-7-9-19(20)23/h7-14,16H,15H2,1-6H3,(H,24,27)/t16-/m0/s1. The molecule has 0 unspecified atom stereocenters. The monoisotopic (exact) mass is 435 g/mol. The molecule has 0 aromatic heterocycles. The topological polar surface area (TPSA) is 69.7 Å². The number of hydrogen-bond acceptors (Lipinski definition) is 3. The Balaban J connectivity index is 2.21. The zero-order valence-electron chi connectivity index (χ0n) is 18.3. The van der Waals surface area contributed by atoms with Gasteiger partial charge in [0, 0.05) is 14.1 Å². The third-order valence-electron chi connectivity index (χ3n) is 4.80. The molecule has 0 bridgehead atoms. The number of carbonyl (C=O) groups is 1. The summed E-state index contributed by atoms with van der Waals surface area (Å²) in [6.45, 7) is 7.64. The van der Waals surface area contributed by atoms with E-state index in [1.54, 1.807) is 0 Å². The Morgan fingerprint density at radius 3 is 2.13 bits per heavy atom. The molecule has 0 aliphatic heterocycles. The van der Waals surface area contributed by atoms with Gasteiger partial charge in [-0.25, -0.2) is 8.70 Å². The van der Waals surface area contributed by atoms with Crippen molar-refractivity contribution in [3.63, 3.8) is 0 Å². The van der Waals surface area contributed by atoms with Crippen LogP contribution in [0.3, 0.4) is 0 Å². The van der Waals surface area contributed by atoms with Crippen LogP contribution in [0.2, 0.25) is 0 Å². The summed E-state index contributed by atoms with van der Waals surface area (Å²) in [5, 5.41) is 2.80. The van der Waals surface area contributed by atoms with Gasteiger partial charge in [-0.1, -0.05) is 57.2 Å². The number of para-hydroxylation sites is 1. The van der Waals surface area contributed by atoms with Crippen molar-refractivity contribution in [2.24, 2.45) is 0 Å². The Morgan fingerprint density at radius 2 is 1.63 bits per heavy atom. The molecule has 0 saturated heterocycles. The van der Waals surface area contributed by atoms with E-state index in [4.69, 9.17) is 0 Å². The van der Waals surface area contributed by atoms with Gasteiger partial charge >= 0.3 is 10.2 Å². The summed E-state index contributed by atoms with van der Waals surface area (Å²) in [6, 6.07) is 13.0. The van der Waals surface area contributed by atoms with Crippen molar-refractivity contribution in [2.75, 3.05) is 24.9 Å². The molecule has 6 nitrogen and oxygen atoms in total. The highest BCUT2D eigenvalue weighted by Crippen LogP contribution is 2.25. The minimum Gasteiger partial charge on any atom is -0.348 e. The minimum atomic E-state index is -4.07. The fraction of sp³-hybridized carbons (Fsp3) is 0.409. The van der Waals surface area contributed by atoms with Gasteiger partial charge in [-0.3, -0.25) is 4.79 Å². The molecule has 164 valence electrons. The normalized spacial score (nSPS) is 13.2. The number of rotatable bonds is 7. The fourth-order valence-electron chi connectivity index (χ4n) is 2.91. The Labute approximate surface area is 178 Å². The van der Waals surface area contributed by atoms with E-state index in [0.717, 1.165) is 20.2 Å². The van der Waals surface area contributed by atoms with E-state index >= 15 is 0 Å². The smallest absolute Gasteiger partial charge is 0.304 e. The highest BCUT2D eigenvalue weighted by Gasteiger charge is 2.29. The fourth-order valence-corrected chi connectivity index (χ4v) is 3.99. The van der Waals surface area contributed by atoms with Crippen molar-refractivity contribution in [3.05, 3.63) is 65.5 Å². The quantitative estimate of drug-likeness (QED) is 0.722. The van der Waals surface area contributed by atoms with Gasteiger partial charge in [0.1, 0.15) is 12.4 Å². The zero-order valence-corrected chi connectivity index (χ0v) is 19.1. The molecule has 30 heavy (non-hydrogen) atoms. The first-order valence-corrected chi connectivity index (χ1v) is 11.1. The van der Waals surface area contributed by atoms with Crippen LogP contribution >= 0.6 is 0 Å². The summed E-state index contributed by atoms with van der Waals surface area (Å²) in [7, 11) is -1.40. The lowest BCUT2D eigenvalue weighted by molar-refractivity contribution is -0.120. The maximum absolute atomic E-state index is 14.3. The van der Waals surface area contributed by atoms with E-state index in [0.29, 0.717) is 0 Å². The van der Waals surface area contributed by atoms with Crippen LogP contribution in [-0.2, 0) is 20.4 Å². The van der Waals surface area contributed by atoms with Crippen LogP contribution in [0, 0.1) is 5.82 Å². The van der Waals surface area contributed by atoms with Gasteiger partial charge in [0.15, 0.2) is 0 Å². The van der Waals surface area contributed by atoms with E-state index in [9.17, 15) is 17.6 Å². The molecule has 0 aliphatic carbocycles. The van der Waals surface area contributed by atoms with Crippen molar-refractivity contribution >= 4 is 21.8 Å². The van der Waals surface area contributed by atoms with Crippen LogP contribution in [0.15, 0.2) is 48.5 Å². The van der Waals surface area contributed by atoms with E-state index in [1.807, 2.05) is 31.2 Å². The average molecular weight is 436 g/mol. The summed E-state index contributed by atoms with van der Waals surface area (Å²) in [6.07, 6.45) is 0. The molecular weight excluding hydrogens is 405 g/mol. The number of amides is 1. The van der Waals surface area contributed by atoms with Gasteiger partial charge in [-0.15, -0.1) is 0 Å². The Morgan fingerprint density at radius 1 is 1.07 bits per heavy atom. The second-order valence-corrected chi connectivity index (χ2v) is 10.5. The number of hydrogen-bond donors (Lipinski definition) is 1. The Hall–Kier alpha value is -2.45. The van der Waals surface area contributed by atoms with Gasteiger partial charge in [0.25, 0.3) is 0 Å². The van der Waals surface area contributed by atoms with E-state index < -0.39 is 28.5 Å². The maximum atomic E-state index is 14.3. The third-order valence-corrected chi connectivity index (χ3v) is 6.61. The summed E-state index contributed by atoms with van der Waals surface area (Å²) < 4.78 is 41.4. The van der Waals surface area contributed by atoms with Gasteiger partial charge in [-0.2, -0.15) is 12.7 Å². The molecule has 2 aromatic carbocycles. The van der Waals surface area contributed by atoms with Gasteiger partial charge in [0.05, 0.1) is 11.7 Å². The van der Waals surface area contributed by atoms with Gasteiger partial charge in [-0.05, 0) is 35.6 Å². The summed E-state index contributed by atoms with van der Waals surface area (Å²) >= 11 is 0. The van der Waals surface area contributed by atoms with Crippen LogP contribution in [0.25, 0.3) is 0 Å². The summed E-state index contributed by atoms with van der Waals surface area (Å²) in [5.41, 5.74) is 1.91. The second kappa shape index (κ2) is 9.14. The molecule has 0 heterocycles. The van der Waals surface area contributed by atoms with Crippen molar-refractivity contribution in [1.29, 1.82) is 0 Å². The predicted molar refractivity (Wildman–Crippen MR) is 118 cm³/mol. The van der Waals surface area contributed by atoms with Crippen molar-refractivity contribution in [3.8, 4) is 0 Å². The number of nitrogens with one attached hydrogen (secondary N) is 1. The van der Waals surface area contributed by atoms with Crippen LogP contribution in [0.1, 0.15) is 44.9 Å². The molecule has 0 aliphatic rings. The van der Waals surface area contributed by atoms with Crippen molar-refractivity contribution in [2.45, 2.75) is 39.2 Å². The SMILES string of the molecule is C[C@H](NC(=O)CN(c1ccccc1F)S(=O)(=O)N(C)C)c1ccc(C(C)(C)C)cc1. The third kappa shape index (κ3) is 5.58. The van der Waals surface area contributed by atoms with E-state index in [2.05, 4.69) is 26.1 Å². The first kappa shape index (κ1) is 23.8. The first-order chi connectivity index (χ1) is 13.8. The number of halogens is 1. The highest BCUT2D eigenvalue weighted by atomic mass is 32.2. The number of carbonyl (C=O) groups excluding carboxylic acids is 1. The van der Waals surface area contributed by atoms with Crippen LogP contribution in [0.4, 0.5) is 10.1 Å². The first-order valence-electron chi connectivity index (χ1n) is 9.68. The van der Waals surface area contributed by atoms with Gasteiger partial charge in [0.2, 0.25) is 5.91 Å². The van der Waals surface area contributed by atoms with Crippen molar-refractivity contribution < 1.29 is 17.6 Å². The highest BCUT2D eigenvalue weighted by molar-refractivity contribution is 7.90. The molecule has 0 spiro atoms. The lowest BCUT2D eigenvalue weighted by Crippen LogP contribution is -2.46. The molecule has 1 N–H and O–H groups in total. The lowest BCUT2D eigenvalue weighted by atomic mass is 9.86. The number of anilines is 1. The average Bonchev–Trinajstić information content (AvgIpc) is 2.66. The predicted octanol–water partition coefficient (Wildman–Crippen LogP) is 3.61. The zero-order chi connectivity index (χ0) is 22.7. The maximum Gasteiger partial charge on any atom is 0.304 e. The molecule has 0 saturated carbocycles. The van der Waals surface area contributed by atoms with E-state index in [1.165, 1.54) is 37.9 Å². The lowest BCUT2D eigenvalue weighted by Gasteiger charge is -2.28. The van der Waals surface area contributed by atoms with Crippen LogP contribution < -0.4 is 9.62 Å².